The summed E-state index contributed by atoms with van der Waals surface area (Å²) >= 11 is 0. The van der Waals surface area contributed by atoms with Crippen molar-refractivity contribution in [1.82, 2.24) is 0 Å². The van der Waals surface area contributed by atoms with E-state index in [9.17, 15) is 9.59 Å². The molecule has 1 aliphatic heterocycles. The average Bonchev–Trinajstić information content (AvgIpc) is 3.07. The van der Waals surface area contributed by atoms with Crippen molar-refractivity contribution in [1.29, 1.82) is 0 Å². The number of rotatable bonds is 7. The predicted octanol–water partition coefficient (Wildman–Crippen LogP) is 5.18. The molecule has 0 unspecified atom stereocenters. The van der Waals surface area contributed by atoms with Gasteiger partial charge in [-0.15, -0.1) is 0 Å². The van der Waals surface area contributed by atoms with Crippen molar-refractivity contribution in [2.75, 3.05) is 19.0 Å². The maximum atomic E-state index is 12.5. The summed E-state index contributed by atoms with van der Waals surface area (Å²) in [6.45, 7) is 0.273. The smallest absolute Gasteiger partial charge is 0.248 e. The van der Waals surface area contributed by atoms with Crippen molar-refractivity contribution in [2.24, 2.45) is 10.7 Å². The topological polar surface area (TPSA) is 103 Å². The van der Waals surface area contributed by atoms with Crippen molar-refractivity contribution in [2.45, 2.75) is 6.61 Å². The number of hydrogen-bond donors (Lipinski definition) is 2. The van der Waals surface area contributed by atoms with Crippen LogP contribution >= 0.6 is 0 Å². The van der Waals surface area contributed by atoms with Gasteiger partial charge < -0.3 is 20.5 Å². The van der Waals surface area contributed by atoms with Gasteiger partial charge in [-0.05, 0) is 53.6 Å². The maximum Gasteiger partial charge on any atom is 0.248 e. The molecule has 4 aromatic rings. The summed E-state index contributed by atoms with van der Waals surface area (Å²) in [4.78, 5) is 29.0. The Kier molecular flexibility index (Phi) is 6.78. The predicted molar refractivity (Wildman–Crippen MR) is 143 cm³/mol. The molecular formula is C30H25N3O4. The fourth-order valence-corrected chi connectivity index (χ4v) is 4.36. The molecule has 184 valence electrons. The van der Waals surface area contributed by atoms with E-state index in [-0.39, 0.29) is 12.5 Å². The van der Waals surface area contributed by atoms with Gasteiger partial charge in [0.25, 0.3) is 0 Å². The molecule has 0 spiro atoms. The first-order chi connectivity index (χ1) is 18.0. The zero-order valence-corrected chi connectivity index (χ0v) is 20.2. The van der Waals surface area contributed by atoms with E-state index in [1.165, 1.54) is 0 Å². The Hall–Kier alpha value is -4.75. The van der Waals surface area contributed by atoms with E-state index in [0.29, 0.717) is 34.9 Å². The number of fused-ring (bicyclic) bond motifs is 1. The molecule has 0 saturated carbocycles. The standard InChI is InChI=1S/C30H25N3O4/c1-36-18-21-15-26-25(29(32-17-28(34)33-26)19-8-7-9-20(14-19)30(31)35)16-24(21)23-12-5-6-13-27(23)37-22-10-3-2-4-11-22/h2-16H,17-18H2,1H3,(H2,31,35)(H,33,34). The number of amides is 2. The lowest BCUT2D eigenvalue weighted by molar-refractivity contribution is -0.114. The highest BCUT2D eigenvalue weighted by Gasteiger charge is 2.23. The van der Waals surface area contributed by atoms with Crippen LogP contribution in [0.25, 0.3) is 11.1 Å². The number of hydrogen-bond acceptors (Lipinski definition) is 5. The van der Waals surface area contributed by atoms with Crippen molar-refractivity contribution < 1.29 is 19.1 Å². The molecule has 1 heterocycles. The molecule has 3 N–H and O–H groups in total. The third-order valence-corrected chi connectivity index (χ3v) is 6.02. The molecule has 7 nitrogen and oxygen atoms in total. The van der Waals surface area contributed by atoms with Crippen LogP contribution in [0.3, 0.4) is 0 Å². The highest BCUT2D eigenvalue weighted by Crippen LogP contribution is 2.39. The SMILES string of the molecule is COCc1cc2c(cc1-c1ccccc1Oc1ccccc1)C(c1cccc(C(N)=O)c1)=NCC(=O)N2. The largest absolute Gasteiger partial charge is 0.457 e. The molecule has 0 aliphatic carbocycles. The normalized spacial score (nSPS) is 12.7. The summed E-state index contributed by atoms with van der Waals surface area (Å²) in [6, 6.07) is 28.2. The number of nitrogens with two attached hydrogens (primary N) is 1. The van der Waals surface area contributed by atoms with Crippen molar-refractivity contribution in [3.8, 4) is 22.6 Å². The zero-order valence-electron chi connectivity index (χ0n) is 20.2. The molecule has 7 heteroatoms. The van der Waals surface area contributed by atoms with Gasteiger partial charge in [-0.2, -0.15) is 0 Å². The Bertz CT molecular complexity index is 1510. The lowest BCUT2D eigenvalue weighted by Crippen LogP contribution is -2.14. The summed E-state index contributed by atoms with van der Waals surface area (Å²) in [5, 5.41) is 2.96. The van der Waals surface area contributed by atoms with Crippen LogP contribution in [0.15, 0.2) is 96.0 Å². The number of benzodiazepines with no additional fused rings is 1. The Morgan fingerprint density at radius 3 is 2.49 bits per heavy atom. The second-order valence-corrected chi connectivity index (χ2v) is 8.56. The quantitative estimate of drug-likeness (QED) is 0.372. The first-order valence-corrected chi connectivity index (χ1v) is 11.8. The van der Waals surface area contributed by atoms with Gasteiger partial charge in [-0.1, -0.05) is 48.5 Å². The molecule has 1 aliphatic rings. The van der Waals surface area contributed by atoms with Crippen LogP contribution in [-0.4, -0.2) is 31.2 Å². The molecular weight excluding hydrogens is 466 g/mol. The van der Waals surface area contributed by atoms with Crippen molar-refractivity contribution in [3.63, 3.8) is 0 Å². The van der Waals surface area contributed by atoms with Crippen LogP contribution in [0.1, 0.15) is 27.0 Å². The van der Waals surface area contributed by atoms with Crippen LogP contribution in [0, 0.1) is 0 Å². The molecule has 4 aromatic carbocycles. The second-order valence-electron chi connectivity index (χ2n) is 8.56. The molecule has 0 fully saturated rings. The van der Waals surface area contributed by atoms with Crippen LogP contribution < -0.4 is 15.8 Å². The van der Waals surface area contributed by atoms with E-state index in [1.54, 1.807) is 25.3 Å². The average molecular weight is 492 g/mol. The molecule has 0 aromatic heterocycles. The van der Waals surface area contributed by atoms with Crippen molar-refractivity contribution in [3.05, 3.63) is 113 Å². The number of aliphatic imine (C=N–C) groups is 1. The van der Waals surface area contributed by atoms with E-state index >= 15 is 0 Å². The molecule has 0 bridgehead atoms. The number of para-hydroxylation sites is 2. The maximum absolute atomic E-state index is 12.5. The molecule has 0 radical (unpaired) electrons. The minimum atomic E-state index is -0.534. The summed E-state index contributed by atoms with van der Waals surface area (Å²) in [6.07, 6.45) is 0. The number of ether oxygens (including phenoxy) is 2. The van der Waals surface area contributed by atoms with Crippen LogP contribution in [0.2, 0.25) is 0 Å². The third-order valence-electron chi connectivity index (χ3n) is 6.02. The first kappa shape index (κ1) is 24.0. The van der Waals surface area contributed by atoms with Gasteiger partial charge in [-0.3, -0.25) is 14.6 Å². The summed E-state index contributed by atoms with van der Waals surface area (Å²) in [5.41, 5.74) is 11.1. The Balaban J connectivity index is 1.69. The van der Waals surface area contributed by atoms with Gasteiger partial charge in [0.2, 0.25) is 11.8 Å². The number of carbonyl (C=O) groups is 2. The third kappa shape index (κ3) is 5.12. The number of benzene rings is 4. The zero-order chi connectivity index (χ0) is 25.8. The van der Waals surface area contributed by atoms with Gasteiger partial charge in [0.05, 0.1) is 18.0 Å². The Morgan fingerprint density at radius 2 is 1.70 bits per heavy atom. The number of methoxy groups -OCH3 is 1. The Morgan fingerprint density at radius 1 is 0.919 bits per heavy atom. The number of primary amides is 1. The fraction of sp³-hybridized carbons (Fsp3) is 0.100. The summed E-state index contributed by atoms with van der Waals surface area (Å²) < 4.78 is 11.8. The summed E-state index contributed by atoms with van der Waals surface area (Å²) in [5.74, 6) is 0.633. The van der Waals surface area contributed by atoms with E-state index in [4.69, 9.17) is 15.2 Å². The first-order valence-electron chi connectivity index (χ1n) is 11.8. The number of nitrogens with zero attached hydrogens (tertiary/aromatic N) is 1. The van der Waals surface area contributed by atoms with Gasteiger partial charge >= 0.3 is 0 Å². The van der Waals surface area contributed by atoms with E-state index < -0.39 is 5.91 Å². The van der Waals surface area contributed by atoms with Crippen LogP contribution in [-0.2, 0) is 16.1 Å². The number of anilines is 1. The molecule has 37 heavy (non-hydrogen) atoms. The van der Waals surface area contributed by atoms with E-state index in [1.807, 2.05) is 72.8 Å². The molecule has 5 rings (SSSR count). The molecule has 0 saturated heterocycles. The van der Waals surface area contributed by atoms with E-state index in [2.05, 4.69) is 10.3 Å². The Labute approximate surface area is 214 Å². The van der Waals surface area contributed by atoms with Crippen molar-refractivity contribution >= 4 is 23.2 Å². The van der Waals surface area contributed by atoms with Gasteiger partial charge in [0.1, 0.15) is 18.0 Å². The fourth-order valence-electron chi connectivity index (χ4n) is 4.36. The van der Waals surface area contributed by atoms with Gasteiger partial charge in [-0.25, -0.2) is 0 Å². The monoisotopic (exact) mass is 491 g/mol. The lowest BCUT2D eigenvalue weighted by Gasteiger charge is -2.19. The minimum absolute atomic E-state index is 0.0482. The van der Waals surface area contributed by atoms with Crippen LogP contribution in [0.5, 0.6) is 11.5 Å². The number of carbonyl (C=O) groups excluding carboxylic acids is 2. The van der Waals surface area contributed by atoms with Crippen LogP contribution in [0.4, 0.5) is 5.69 Å². The van der Waals surface area contributed by atoms with Gasteiger partial charge in [0.15, 0.2) is 0 Å². The minimum Gasteiger partial charge on any atom is -0.457 e. The number of nitrogens with one attached hydrogen (secondary N) is 1. The molecule has 0 atom stereocenters. The highest BCUT2D eigenvalue weighted by molar-refractivity contribution is 6.20. The highest BCUT2D eigenvalue weighted by atomic mass is 16.5. The summed E-state index contributed by atoms with van der Waals surface area (Å²) in [7, 11) is 1.63. The molecule has 2 amide bonds. The second kappa shape index (κ2) is 10.5. The lowest BCUT2D eigenvalue weighted by atomic mass is 9.91. The van der Waals surface area contributed by atoms with E-state index in [0.717, 1.165) is 28.0 Å². The van der Waals surface area contributed by atoms with Gasteiger partial charge in [0, 0.05) is 29.4 Å².